The number of carbonyl (C=O) groups excluding carboxylic acids is 2. The van der Waals surface area contributed by atoms with Crippen molar-refractivity contribution in [3.05, 3.63) is 12.2 Å². The largest absolute Gasteiger partial charge is 0.462 e. The molecule has 372 valence electrons. The van der Waals surface area contributed by atoms with E-state index in [1.54, 1.807) is 0 Å². The number of carbonyl (C=O) groups is 2. The molecular formula is C50H94O12S. The molecule has 6 atom stereocenters. The summed E-state index contributed by atoms with van der Waals surface area (Å²) < 4.78 is 54.2. The summed E-state index contributed by atoms with van der Waals surface area (Å²) in [5, 5.41) is 31.0. The second-order valence-corrected chi connectivity index (χ2v) is 19.7. The van der Waals surface area contributed by atoms with Crippen molar-refractivity contribution in [1.29, 1.82) is 0 Å². The van der Waals surface area contributed by atoms with E-state index in [1.165, 1.54) is 141 Å². The van der Waals surface area contributed by atoms with E-state index in [2.05, 4.69) is 26.0 Å². The van der Waals surface area contributed by atoms with Crippen LogP contribution in [0.3, 0.4) is 0 Å². The molecule has 0 radical (unpaired) electrons. The summed E-state index contributed by atoms with van der Waals surface area (Å²) in [6, 6.07) is 0. The maximum Gasteiger partial charge on any atom is 0.306 e. The van der Waals surface area contributed by atoms with Crippen LogP contribution in [0.2, 0.25) is 0 Å². The van der Waals surface area contributed by atoms with Gasteiger partial charge < -0.3 is 34.3 Å². The Labute approximate surface area is 384 Å². The van der Waals surface area contributed by atoms with Gasteiger partial charge in [-0.05, 0) is 38.5 Å². The van der Waals surface area contributed by atoms with E-state index < -0.39 is 71.2 Å². The maximum absolute atomic E-state index is 12.9. The number of unbranched alkanes of at least 4 members (excludes halogenated alkanes) is 30. The average Bonchev–Trinajstić information content (AvgIpc) is 3.25. The third kappa shape index (κ3) is 35.3. The standard InChI is InChI=1S/C50H94O12S/c1-3-5-7-9-11-13-15-17-19-20-21-22-23-24-25-27-29-31-33-35-37-39-46(52)61-43(41-60-50-49(55)48(54)47(53)44(62-50)42-63(56,57)58)40-59-45(51)38-36-34-32-30-28-26-18-16-14-12-10-8-6-4-2/h16,18,43-44,47-50,53-55H,3-15,17,19-42H2,1-2H3,(H,56,57,58)/b18-16+/t43-,44-,47-,48?,49?,50+/m1/s1. The number of aliphatic hydroxyl groups is 3. The van der Waals surface area contributed by atoms with Crippen LogP contribution in [-0.4, -0.2) is 96.0 Å². The molecule has 1 fully saturated rings. The zero-order valence-electron chi connectivity index (χ0n) is 40.0. The van der Waals surface area contributed by atoms with Crippen LogP contribution in [0, 0.1) is 0 Å². The van der Waals surface area contributed by atoms with Gasteiger partial charge in [0.15, 0.2) is 12.4 Å². The topological polar surface area (TPSA) is 186 Å². The second-order valence-electron chi connectivity index (χ2n) is 18.2. The Kier molecular flexibility index (Phi) is 38.3. The molecule has 0 spiro atoms. The highest BCUT2D eigenvalue weighted by molar-refractivity contribution is 7.85. The molecule has 0 aromatic carbocycles. The Hall–Kier alpha value is -1.61. The first-order valence-corrected chi connectivity index (χ1v) is 27.4. The summed E-state index contributed by atoms with van der Waals surface area (Å²) in [5.41, 5.74) is 0. The van der Waals surface area contributed by atoms with Gasteiger partial charge in [-0.1, -0.05) is 199 Å². The van der Waals surface area contributed by atoms with Crippen molar-refractivity contribution < 1.29 is 56.8 Å². The molecular weight excluding hydrogens is 825 g/mol. The van der Waals surface area contributed by atoms with Gasteiger partial charge in [0, 0.05) is 12.8 Å². The van der Waals surface area contributed by atoms with E-state index >= 15 is 0 Å². The molecule has 0 saturated carbocycles. The summed E-state index contributed by atoms with van der Waals surface area (Å²) in [6.45, 7) is 3.78. The lowest BCUT2D eigenvalue weighted by atomic mass is 10.00. The number of esters is 2. The number of aliphatic hydroxyl groups excluding tert-OH is 3. The minimum atomic E-state index is -4.60. The highest BCUT2D eigenvalue weighted by Gasteiger charge is 2.46. The molecule has 63 heavy (non-hydrogen) atoms. The third-order valence-electron chi connectivity index (χ3n) is 12.1. The second kappa shape index (κ2) is 40.6. The van der Waals surface area contributed by atoms with Gasteiger partial charge in [0.25, 0.3) is 10.1 Å². The van der Waals surface area contributed by atoms with Gasteiger partial charge in [-0.15, -0.1) is 0 Å². The number of ether oxygens (including phenoxy) is 4. The Bertz CT molecular complexity index is 1210. The molecule has 0 amide bonds. The van der Waals surface area contributed by atoms with Crippen LogP contribution in [0.25, 0.3) is 0 Å². The van der Waals surface area contributed by atoms with E-state index in [0.717, 1.165) is 57.8 Å². The number of hydrogen-bond acceptors (Lipinski definition) is 11. The first kappa shape index (κ1) is 59.4. The predicted molar refractivity (Wildman–Crippen MR) is 252 cm³/mol. The molecule has 1 aliphatic heterocycles. The van der Waals surface area contributed by atoms with Crippen LogP contribution in [0.4, 0.5) is 0 Å². The minimum Gasteiger partial charge on any atom is -0.462 e. The zero-order valence-corrected chi connectivity index (χ0v) is 40.8. The van der Waals surface area contributed by atoms with Crippen molar-refractivity contribution in [3.63, 3.8) is 0 Å². The highest BCUT2D eigenvalue weighted by Crippen LogP contribution is 2.24. The van der Waals surface area contributed by atoms with Gasteiger partial charge in [0.2, 0.25) is 0 Å². The highest BCUT2D eigenvalue weighted by atomic mass is 32.2. The summed E-state index contributed by atoms with van der Waals surface area (Å²) >= 11 is 0. The lowest BCUT2D eigenvalue weighted by molar-refractivity contribution is -0.297. The quantitative estimate of drug-likeness (QED) is 0.0196. The fourth-order valence-electron chi connectivity index (χ4n) is 8.09. The molecule has 1 rings (SSSR count). The van der Waals surface area contributed by atoms with Crippen LogP contribution < -0.4 is 0 Å². The predicted octanol–water partition coefficient (Wildman–Crippen LogP) is 11.4. The zero-order chi connectivity index (χ0) is 46.2. The fourth-order valence-corrected chi connectivity index (χ4v) is 8.78. The fraction of sp³-hybridized carbons (Fsp3) is 0.920. The molecule has 0 bridgehead atoms. The van der Waals surface area contributed by atoms with E-state index in [9.17, 15) is 37.9 Å². The van der Waals surface area contributed by atoms with Gasteiger partial charge in [0.05, 0.1) is 6.61 Å². The lowest BCUT2D eigenvalue weighted by Gasteiger charge is -2.40. The van der Waals surface area contributed by atoms with Crippen LogP contribution >= 0.6 is 0 Å². The summed E-state index contributed by atoms with van der Waals surface area (Å²) in [4.78, 5) is 25.5. The van der Waals surface area contributed by atoms with E-state index in [1.807, 2.05) is 0 Å². The molecule has 0 aliphatic carbocycles. The number of allylic oxidation sites excluding steroid dienone is 2. The molecule has 12 nitrogen and oxygen atoms in total. The maximum atomic E-state index is 12.9. The molecule has 4 N–H and O–H groups in total. The van der Waals surface area contributed by atoms with Crippen molar-refractivity contribution in [2.24, 2.45) is 0 Å². The molecule has 2 unspecified atom stereocenters. The van der Waals surface area contributed by atoms with E-state index in [0.29, 0.717) is 12.8 Å². The third-order valence-corrected chi connectivity index (χ3v) is 12.8. The van der Waals surface area contributed by atoms with E-state index in [4.69, 9.17) is 18.9 Å². The Morgan fingerprint density at radius 3 is 1.32 bits per heavy atom. The number of hydrogen-bond donors (Lipinski definition) is 4. The van der Waals surface area contributed by atoms with Crippen LogP contribution in [0.1, 0.15) is 239 Å². The molecule has 0 aromatic rings. The normalized spacial score (nSPS) is 19.7. The monoisotopic (exact) mass is 919 g/mol. The molecule has 1 saturated heterocycles. The molecule has 1 heterocycles. The summed E-state index contributed by atoms with van der Waals surface area (Å²) in [6.07, 6.45) is 35.4. The first-order chi connectivity index (χ1) is 30.5. The minimum absolute atomic E-state index is 0.169. The number of rotatable bonds is 44. The van der Waals surface area contributed by atoms with Crippen molar-refractivity contribution >= 4 is 22.1 Å². The van der Waals surface area contributed by atoms with Crippen LogP contribution in [-0.2, 0) is 38.7 Å². The van der Waals surface area contributed by atoms with Crippen molar-refractivity contribution in [2.45, 2.75) is 275 Å². The van der Waals surface area contributed by atoms with Gasteiger partial charge in [0.1, 0.15) is 36.8 Å². The summed E-state index contributed by atoms with van der Waals surface area (Å²) in [7, 11) is -4.60. The average molecular weight is 919 g/mol. The Balaban J connectivity index is 2.35. The van der Waals surface area contributed by atoms with Gasteiger partial charge in [-0.3, -0.25) is 14.1 Å². The SMILES string of the molecule is CCCCCCC/C=C/CCCCCCCC(=O)OC[C@H](CO[C@H]1O[C@H](CS(=O)(=O)O)[C@@H](O)C(O)C1O)OC(=O)CCCCCCCCCCCCCCCCCCCCCCC. The molecule has 1 aliphatic rings. The van der Waals surface area contributed by atoms with Gasteiger partial charge in [-0.2, -0.15) is 8.42 Å². The van der Waals surface area contributed by atoms with Crippen molar-refractivity contribution in [2.75, 3.05) is 19.0 Å². The molecule has 13 heteroatoms. The Morgan fingerprint density at radius 1 is 0.524 bits per heavy atom. The van der Waals surface area contributed by atoms with Gasteiger partial charge >= 0.3 is 11.9 Å². The van der Waals surface area contributed by atoms with E-state index in [-0.39, 0.29) is 19.4 Å². The van der Waals surface area contributed by atoms with Crippen LogP contribution in [0.5, 0.6) is 0 Å². The van der Waals surface area contributed by atoms with Crippen molar-refractivity contribution in [1.82, 2.24) is 0 Å². The summed E-state index contributed by atoms with van der Waals surface area (Å²) in [5.74, 6) is -1.98. The molecule has 0 aromatic heterocycles. The lowest BCUT2D eigenvalue weighted by Crippen LogP contribution is -2.60. The Morgan fingerprint density at radius 2 is 0.905 bits per heavy atom. The van der Waals surface area contributed by atoms with Gasteiger partial charge in [-0.25, -0.2) is 0 Å². The van der Waals surface area contributed by atoms with Crippen molar-refractivity contribution in [3.8, 4) is 0 Å². The van der Waals surface area contributed by atoms with Crippen LogP contribution in [0.15, 0.2) is 12.2 Å². The first-order valence-electron chi connectivity index (χ1n) is 25.7. The smallest absolute Gasteiger partial charge is 0.306 e.